The zero-order chi connectivity index (χ0) is 24.8. The first kappa shape index (κ1) is 24.8. The number of aromatic amines is 1. The van der Waals surface area contributed by atoms with Crippen molar-refractivity contribution in [1.82, 2.24) is 14.1 Å². The summed E-state index contributed by atoms with van der Waals surface area (Å²) in [6.45, 7) is 5.02. The van der Waals surface area contributed by atoms with Crippen LogP contribution in [0, 0.1) is 10.8 Å². The topological polar surface area (TPSA) is 128 Å². The van der Waals surface area contributed by atoms with Gasteiger partial charge in [0.05, 0.1) is 24.3 Å². The van der Waals surface area contributed by atoms with Crippen molar-refractivity contribution in [3.05, 3.63) is 90.6 Å². The van der Waals surface area contributed by atoms with E-state index in [-0.39, 0.29) is 24.8 Å². The van der Waals surface area contributed by atoms with Gasteiger partial charge >= 0.3 is 11.4 Å². The first-order valence-corrected chi connectivity index (χ1v) is 10.9. The van der Waals surface area contributed by atoms with Gasteiger partial charge in [-0.3, -0.25) is 14.3 Å². The maximum Gasteiger partial charge on any atom is 0.335 e. The number of halogens is 1. The van der Waals surface area contributed by atoms with Gasteiger partial charge in [-0.25, -0.2) is 19.1 Å². The number of amides is 1. The van der Waals surface area contributed by atoms with Gasteiger partial charge in [0.15, 0.2) is 0 Å². The van der Waals surface area contributed by atoms with Crippen molar-refractivity contribution in [2.75, 3.05) is 0 Å². The van der Waals surface area contributed by atoms with Gasteiger partial charge in [-0.1, -0.05) is 30.7 Å². The molecule has 0 aliphatic rings. The Morgan fingerprint density at radius 1 is 1.03 bits per heavy atom. The SMILES string of the molecule is CC(C)Oc1ccc(/N=c2\[nH]c(=O)n(C[C@H](C)C(=O)N=O)c(=O)n2Cc2ccc(Cl)cc2)cc1. The monoisotopic (exact) mass is 485 g/mol. The number of carbonyl (C=O) groups is 1. The highest BCUT2D eigenvalue weighted by Crippen LogP contribution is 2.18. The third-order valence-electron chi connectivity index (χ3n) is 4.85. The fourth-order valence-corrected chi connectivity index (χ4v) is 3.28. The molecule has 0 aliphatic heterocycles. The van der Waals surface area contributed by atoms with Crippen molar-refractivity contribution in [3.8, 4) is 5.75 Å². The van der Waals surface area contributed by atoms with Crippen LogP contribution in [0.1, 0.15) is 26.3 Å². The van der Waals surface area contributed by atoms with Crippen molar-refractivity contribution < 1.29 is 9.53 Å². The van der Waals surface area contributed by atoms with Crippen molar-refractivity contribution in [2.45, 2.75) is 40.0 Å². The summed E-state index contributed by atoms with van der Waals surface area (Å²) in [5.41, 5.74) is -0.209. The largest absolute Gasteiger partial charge is 0.491 e. The molecule has 11 heteroatoms. The highest BCUT2D eigenvalue weighted by atomic mass is 35.5. The molecule has 2 aromatic carbocycles. The molecule has 3 rings (SSSR count). The van der Waals surface area contributed by atoms with E-state index in [9.17, 15) is 19.3 Å². The van der Waals surface area contributed by atoms with Crippen molar-refractivity contribution in [2.24, 2.45) is 16.1 Å². The second-order valence-corrected chi connectivity index (χ2v) is 8.40. The van der Waals surface area contributed by atoms with Crippen LogP contribution in [-0.4, -0.2) is 26.1 Å². The smallest absolute Gasteiger partial charge is 0.335 e. The number of nitrogens with one attached hydrogen (secondary N) is 1. The van der Waals surface area contributed by atoms with Gasteiger partial charge in [-0.2, -0.15) is 0 Å². The van der Waals surface area contributed by atoms with Crippen LogP contribution in [0.25, 0.3) is 0 Å². The van der Waals surface area contributed by atoms with Crippen molar-refractivity contribution in [1.29, 1.82) is 0 Å². The summed E-state index contributed by atoms with van der Waals surface area (Å²) in [5, 5.41) is 2.91. The van der Waals surface area contributed by atoms with E-state index in [0.29, 0.717) is 16.5 Å². The molecule has 178 valence electrons. The molecule has 1 heterocycles. The number of hydrogen-bond donors (Lipinski definition) is 1. The Kier molecular flexibility index (Phi) is 7.95. The van der Waals surface area contributed by atoms with Crippen LogP contribution in [0.5, 0.6) is 5.75 Å². The van der Waals surface area contributed by atoms with Gasteiger partial charge in [0.2, 0.25) is 5.62 Å². The van der Waals surface area contributed by atoms with Crippen LogP contribution in [0.15, 0.2) is 68.3 Å². The third kappa shape index (κ3) is 6.16. The minimum absolute atomic E-state index is 0.0111. The van der Waals surface area contributed by atoms with Crippen molar-refractivity contribution in [3.63, 3.8) is 0 Å². The average molecular weight is 486 g/mol. The van der Waals surface area contributed by atoms with Gasteiger partial charge < -0.3 is 4.74 Å². The summed E-state index contributed by atoms with van der Waals surface area (Å²) in [7, 11) is 0. The zero-order valence-electron chi connectivity index (χ0n) is 18.9. The molecular weight excluding hydrogens is 462 g/mol. The lowest BCUT2D eigenvalue weighted by Crippen LogP contribution is -2.51. The number of hydrogen-bond acceptors (Lipinski definition) is 6. The Labute approximate surface area is 199 Å². The quantitative estimate of drug-likeness (QED) is 0.490. The highest BCUT2D eigenvalue weighted by molar-refractivity contribution is 6.30. The number of nitrogens with zero attached hydrogens (tertiary/aromatic N) is 4. The summed E-state index contributed by atoms with van der Waals surface area (Å²) in [4.78, 5) is 55.2. The van der Waals surface area contributed by atoms with Crippen LogP contribution >= 0.6 is 11.6 Å². The van der Waals surface area contributed by atoms with Crippen LogP contribution < -0.4 is 21.7 Å². The van der Waals surface area contributed by atoms with Gasteiger partial charge in [-0.15, -0.1) is 4.91 Å². The number of carbonyl (C=O) groups excluding carboxylic acids is 1. The molecule has 10 nitrogen and oxygen atoms in total. The molecule has 0 spiro atoms. The van der Waals surface area contributed by atoms with E-state index < -0.39 is 23.2 Å². The van der Waals surface area contributed by atoms with E-state index in [4.69, 9.17) is 16.3 Å². The minimum Gasteiger partial charge on any atom is -0.491 e. The van der Waals surface area contributed by atoms with E-state index >= 15 is 0 Å². The number of aromatic nitrogens is 3. The maximum absolute atomic E-state index is 13.3. The molecule has 3 aromatic rings. The van der Waals surface area contributed by atoms with Gasteiger partial charge in [0.1, 0.15) is 5.75 Å². The Balaban J connectivity index is 2.12. The van der Waals surface area contributed by atoms with E-state index in [1.807, 2.05) is 13.8 Å². The number of benzene rings is 2. The average Bonchev–Trinajstić information content (AvgIpc) is 2.80. The molecule has 1 N–H and O–H groups in total. The molecule has 1 atom stereocenters. The summed E-state index contributed by atoms with van der Waals surface area (Å²) in [5.74, 6) is -1.24. The van der Waals surface area contributed by atoms with E-state index in [2.05, 4.69) is 15.2 Å². The Morgan fingerprint density at radius 3 is 2.26 bits per heavy atom. The normalized spacial score (nSPS) is 12.6. The number of H-pyrrole nitrogens is 1. The molecule has 0 fully saturated rings. The molecule has 0 radical (unpaired) electrons. The predicted molar refractivity (Wildman–Crippen MR) is 127 cm³/mol. The molecule has 0 saturated heterocycles. The lowest BCUT2D eigenvalue weighted by molar-refractivity contribution is -0.121. The molecule has 34 heavy (non-hydrogen) atoms. The Hall–Kier alpha value is -3.79. The number of nitroso groups, excluding NO2 is 1. The lowest BCUT2D eigenvalue weighted by Gasteiger charge is -2.13. The third-order valence-corrected chi connectivity index (χ3v) is 5.10. The van der Waals surface area contributed by atoms with Crippen LogP contribution in [0.2, 0.25) is 5.02 Å². The molecule has 1 amide bonds. The molecule has 0 bridgehead atoms. The van der Waals surface area contributed by atoms with Gasteiger partial charge in [0, 0.05) is 16.7 Å². The van der Waals surface area contributed by atoms with Crippen LogP contribution in [-0.2, 0) is 17.9 Å². The number of rotatable bonds is 8. The highest BCUT2D eigenvalue weighted by Gasteiger charge is 2.18. The summed E-state index contributed by atoms with van der Waals surface area (Å²) >= 11 is 5.96. The summed E-state index contributed by atoms with van der Waals surface area (Å²) in [6.07, 6.45) is 0.0111. The fourth-order valence-electron chi connectivity index (χ4n) is 3.15. The second-order valence-electron chi connectivity index (χ2n) is 7.96. The predicted octanol–water partition coefficient (Wildman–Crippen LogP) is 2.99. The van der Waals surface area contributed by atoms with Gasteiger partial charge in [-0.05, 0) is 55.8 Å². The van der Waals surface area contributed by atoms with E-state index in [1.165, 1.54) is 11.5 Å². The standard InChI is InChI=1S/C23H24ClN5O5/c1-14(2)34-19-10-8-18(9-11-19)25-21-26-22(31)29(12-15(3)20(30)27-33)23(32)28(21)13-16-4-6-17(24)7-5-16/h4-11,14-15H,12-13H2,1-3H3,(H,25,26,31)/t15-/m0/s1. The first-order valence-electron chi connectivity index (χ1n) is 10.5. The summed E-state index contributed by atoms with van der Waals surface area (Å²) in [6, 6.07) is 13.7. The van der Waals surface area contributed by atoms with E-state index in [0.717, 1.165) is 10.1 Å². The Morgan fingerprint density at radius 2 is 1.68 bits per heavy atom. The number of ether oxygens (including phenoxy) is 1. The zero-order valence-corrected chi connectivity index (χ0v) is 19.7. The summed E-state index contributed by atoms with van der Waals surface area (Å²) < 4.78 is 7.75. The lowest BCUT2D eigenvalue weighted by atomic mass is 10.2. The van der Waals surface area contributed by atoms with Crippen molar-refractivity contribution >= 4 is 23.2 Å². The Bertz CT molecular complexity index is 1350. The minimum atomic E-state index is -0.951. The second kappa shape index (κ2) is 10.9. The van der Waals surface area contributed by atoms with Crippen LogP contribution in [0.4, 0.5) is 5.69 Å². The molecule has 1 aromatic heterocycles. The molecule has 0 saturated carbocycles. The maximum atomic E-state index is 13.3. The van der Waals surface area contributed by atoms with Crippen LogP contribution in [0.3, 0.4) is 0 Å². The van der Waals surface area contributed by atoms with Gasteiger partial charge in [0.25, 0.3) is 5.91 Å². The fraction of sp³-hybridized carbons (Fsp3) is 0.304. The first-order chi connectivity index (χ1) is 16.2. The molecular formula is C23H24ClN5O5. The molecule has 0 aliphatic carbocycles. The van der Waals surface area contributed by atoms with E-state index in [1.54, 1.807) is 48.5 Å². The molecule has 0 unspecified atom stereocenters.